The number of methoxy groups -OCH3 is 3. The van der Waals surface area contributed by atoms with Crippen LogP contribution in [0, 0.1) is 0 Å². The van der Waals surface area contributed by atoms with Crippen molar-refractivity contribution >= 4 is 5.91 Å². The molecule has 0 saturated heterocycles. The highest BCUT2D eigenvalue weighted by molar-refractivity contribution is 5.75. The van der Waals surface area contributed by atoms with Crippen molar-refractivity contribution in [2.45, 2.75) is 90.4 Å². The van der Waals surface area contributed by atoms with Crippen molar-refractivity contribution in [3.8, 4) is 17.2 Å². The van der Waals surface area contributed by atoms with Crippen LogP contribution < -0.4 is 41.6 Å². The lowest BCUT2D eigenvalue weighted by molar-refractivity contribution is -0.121. The van der Waals surface area contributed by atoms with E-state index in [4.69, 9.17) is 14.2 Å². The second-order valence-corrected chi connectivity index (χ2v) is 10.2. The van der Waals surface area contributed by atoms with Gasteiger partial charge in [0.15, 0.2) is 22.3 Å². The lowest BCUT2D eigenvalue weighted by atomic mass is 10.1. The highest BCUT2D eigenvalue weighted by Crippen LogP contribution is 2.38. The zero-order valence-corrected chi connectivity index (χ0v) is 23.7. The molecule has 11 heteroatoms. The van der Waals surface area contributed by atoms with Crippen molar-refractivity contribution in [2.24, 2.45) is 9.98 Å². The lowest BCUT2D eigenvalue weighted by Crippen LogP contribution is -2.52. The van der Waals surface area contributed by atoms with Crippen LogP contribution in [-0.4, -0.2) is 42.5 Å². The molecule has 11 nitrogen and oxygen atoms in total. The number of fused-ring (bicyclic) bond motifs is 1. The van der Waals surface area contributed by atoms with Gasteiger partial charge in [-0.15, -0.1) is 0 Å². The van der Waals surface area contributed by atoms with E-state index in [1.807, 2.05) is 12.1 Å². The number of amides is 1. The minimum absolute atomic E-state index is 0.0190. The average Bonchev–Trinajstić information content (AvgIpc) is 3.23. The van der Waals surface area contributed by atoms with E-state index in [2.05, 4.69) is 20.3 Å². The van der Waals surface area contributed by atoms with Crippen LogP contribution in [0.25, 0.3) is 0 Å². The van der Waals surface area contributed by atoms with Crippen molar-refractivity contribution in [2.75, 3.05) is 21.3 Å². The average molecular weight is 544 g/mol. The number of nitrogens with zero attached hydrogens (tertiary/aromatic N) is 3. The molecule has 0 fully saturated rings. The summed E-state index contributed by atoms with van der Waals surface area (Å²) in [6.07, 6.45) is 8.35. The van der Waals surface area contributed by atoms with Gasteiger partial charge in [0.25, 0.3) is 5.56 Å². The summed E-state index contributed by atoms with van der Waals surface area (Å²) >= 11 is 0. The Morgan fingerprint density at radius 1 is 0.897 bits per heavy atom. The number of carbonyl (C=O) groups excluding carboxylic acids is 1. The predicted molar refractivity (Wildman–Crippen MR) is 147 cm³/mol. The minimum atomic E-state index is -0.714. The second kappa shape index (κ2) is 14.0. The number of aromatic nitrogens is 2. The maximum absolute atomic E-state index is 12.6. The van der Waals surface area contributed by atoms with Crippen LogP contribution in [0.2, 0.25) is 0 Å². The monoisotopic (exact) mass is 543 g/mol. The topological polar surface area (TPSA) is 136 Å². The number of hydrogen-bond acceptors (Lipinski definition) is 8. The standard InChI is InChI=1S/C28H41N5O6/c1-28(2)31-23-25(32-28)30-27(36)33(26(23)35)15-13-11-9-7-6-8-10-12-14-22(34)29-18-19-16-20(37-3)24(39-5)21(17-19)38-4/h16-17H,6-15,18H2,1-5H3,(H,29,34)(H,30,32,36). The number of benzene rings is 1. The van der Waals surface area contributed by atoms with Crippen LogP contribution in [-0.2, 0) is 17.9 Å². The normalized spacial score (nSPS) is 13.3. The Bertz CT molecular complexity index is 1350. The third-order valence-corrected chi connectivity index (χ3v) is 6.66. The first-order valence-corrected chi connectivity index (χ1v) is 13.6. The summed E-state index contributed by atoms with van der Waals surface area (Å²) in [4.78, 5) is 48.4. The zero-order valence-electron chi connectivity index (χ0n) is 23.7. The van der Waals surface area contributed by atoms with Crippen molar-refractivity contribution in [1.82, 2.24) is 14.9 Å². The van der Waals surface area contributed by atoms with Crippen LogP contribution in [0.5, 0.6) is 17.2 Å². The van der Waals surface area contributed by atoms with Crippen molar-refractivity contribution in [1.29, 1.82) is 0 Å². The van der Waals surface area contributed by atoms with E-state index in [9.17, 15) is 14.4 Å². The third-order valence-electron chi connectivity index (χ3n) is 6.66. The number of ether oxygens (including phenoxy) is 3. The quantitative estimate of drug-likeness (QED) is 0.312. The van der Waals surface area contributed by atoms with Gasteiger partial charge in [-0.1, -0.05) is 38.5 Å². The molecule has 1 aliphatic heterocycles. The van der Waals surface area contributed by atoms with Crippen LogP contribution in [0.1, 0.15) is 77.2 Å². The molecule has 0 saturated carbocycles. The first-order chi connectivity index (χ1) is 18.7. The molecule has 1 aliphatic rings. The molecule has 0 bridgehead atoms. The molecule has 2 aromatic rings. The summed E-state index contributed by atoms with van der Waals surface area (Å²) in [5.74, 6) is 1.66. The van der Waals surface area contributed by atoms with Gasteiger partial charge >= 0.3 is 5.69 Å². The van der Waals surface area contributed by atoms with Crippen molar-refractivity contribution in [3.63, 3.8) is 0 Å². The summed E-state index contributed by atoms with van der Waals surface area (Å²) in [6, 6.07) is 3.66. The minimum Gasteiger partial charge on any atom is -0.493 e. The summed E-state index contributed by atoms with van der Waals surface area (Å²) in [7, 11) is 4.68. The molecule has 0 unspecified atom stereocenters. The lowest BCUT2D eigenvalue weighted by Gasteiger charge is -2.14. The molecule has 1 amide bonds. The van der Waals surface area contributed by atoms with E-state index in [0.29, 0.717) is 36.8 Å². The summed E-state index contributed by atoms with van der Waals surface area (Å²) < 4.78 is 17.3. The summed E-state index contributed by atoms with van der Waals surface area (Å²) in [5.41, 5.74) is -0.354. The fourth-order valence-corrected chi connectivity index (χ4v) is 4.65. The van der Waals surface area contributed by atoms with Gasteiger partial charge < -0.3 is 19.5 Å². The van der Waals surface area contributed by atoms with E-state index in [1.165, 1.54) is 4.57 Å². The molecule has 2 N–H and O–H groups in total. The number of carbonyl (C=O) groups is 1. The Hall–Kier alpha value is -3.63. The number of rotatable bonds is 16. The van der Waals surface area contributed by atoms with Crippen LogP contribution in [0.3, 0.4) is 0 Å². The fraction of sp³-hybridized carbons (Fsp3) is 0.607. The molecule has 0 atom stereocenters. The molecule has 0 aliphatic carbocycles. The summed E-state index contributed by atoms with van der Waals surface area (Å²) in [6.45, 7) is 4.36. The fourth-order valence-electron chi connectivity index (χ4n) is 4.65. The van der Waals surface area contributed by atoms with Crippen LogP contribution in [0.15, 0.2) is 31.7 Å². The molecule has 39 heavy (non-hydrogen) atoms. The Balaban J connectivity index is 1.27. The number of aromatic amines is 1. The van der Waals surface area contributed by atoms with Gasteiger partial charge in [0, 0.05) is 19.5 Å². The van der Waals surface area contributed by atoms with Crippen molar-refractivity contribution in [3.05, 3.63) is 49.4 Å². The van der Waals surface area contributed by atoms with E-state index in [0.717, 1.165) is 56.9 Å². The maximum Gasteiger partial charge on any atom is 0.330 e. The molecular weight excluding hydrogens is 502 g/mol. The van der Waals surface area contributed by atoms with Gasteiger partial charge in [-0.25, -0.2) is 14.8 Å². The van der Waals surface area contributed by atoms with Crippen LogP contribution in [0.4, 0.5) is 0 Å². The number of hydrogen-bond donors (Lipinski definition) is 2. The van der Waals surface area contributed by atoms with Gasteiger partial charge in [-0.3, -0.25) is 19.1 Å². The largest absolute Gasteiger partial charge is 0.493 e. The van der Waals surface area contributed by atoms with Gasteiger partial charge in [-0.05, 0) is 44.4 Å². The second-order valence-electron chi connectivity index (χ2n) is 10.2. The van der Waals surface area contributed by atoms with Gasteiger partial charge in [-0.2, -0.15) is 0 Å². The Morgan fingerprint density at radius 2 is 1.49 bits per heavy atom. The Morgan fingerprint density at radius 3 is 2.08 bits per heavy atom. The molecular formula is C28H41N5O6. The highest BCUT2D eigenvalue weighted by Gasteiger charge is 2.21. The molecule has 0 radical (unpaired) electrons. The number of H-pyrrole nitrogens is 1. The molecule has 0 spiro atoms. The van der Waals surface area contributed by atoms with Gasteiger partial charge in [0.2, 0.25) is 11.7 Å². The SMILES string of the molecule is COc1cc(CNC(=O)CCCCCCCCCCn2c(=O)[nH]c3c(c2=O)=NC(C)(C)N=3)cc(OC)c1OC. The predicted octanol–water partition coefficient (Wildman–Crippen LogP) is 2.38. The van der Waals surface area contributed by atoms with Crippen LogP contribution >= 0.6 is 0 Å². The first kappa shape index (κ1) is 29.9. The highest BCUT2D eigenvalue weighted by atomic mass is 16.5. The third kappa shape index (κ3) is 8.18. The maximum atomic E-state index is 12.6. The molecule has 1 aromatic carbocycles. The Kier molecular flexibility index (Phi) is 10.7. The van der Waals surface area contributed by atoms with E-state index in [-0.39, 0.29) is 22.3 Å². The van der Waals surface area contributed by atoms with E-state index < -0.39 is 11.4 Å². The smallest absolute Gasteiger partial charge is 0.330 e. The van der Waals surface area contributed by atoms with Gasteiger partial charge in [0.1, 0.15) is 5.66 Å². The number of nitrogens with one attached hydrogen (secondary N) is 2. The molecule has 2 heterocycles. The van der Waals surface area contributed by atoms with Crippen molar-refractivity contribution < 1.29 is 19.0 Å². The van der Waals surface area contributed by atoms with E-state index >= 15 is 0 Å². The number of unbranched alkanes of at least 4 members (excludes halogenated alkanes) is 7. The summed E-state index contributed by atoms with van der Waals surface area (Å²) in [5, 5.41) is 3.20. The van der Waals surface area contributed by atoms with E-state index in [1.54, 1.807) is 35.2 Å². The first-order valence-electron chi connectivity index (χ1n) is 13.6. The Labute approximate surface area is 228 Å². The molecule has 3 rings (SSSR count). The van der Waals surface area contributed by atoms with Gasteiger partial charge in [0.05, 0.1) is 21.3 Å². The zero-order chi connectivity index (χ0) is 28.4. The molecule has 1 aromatic heterocycles. The molecule has 214 valence electrons.